The van der Waals surface area contributed by atoms with Crippen molar-refractivity contribution in [2.75, 3.05) is 11.4 Å². The highest BCUT2D eigenvalue weighted by Gasteiger charge is 2.35. The van der Waals surface area contributed by atoms with E-state index in [1.165, 1.54) is 50.5 Å². The van der Waals surface area contributed by atoms with E-state index in [4.69, 9.17) is 9.51 Å². The average molecular weight is 351 g/mol. The lowest BCUT2D eigenvalue weighted by atomic mass is 9.67. The maximum atomic E-state index is 11.0. The molecule has 1 aromatic carbocycles. The molecule has 5 rings (SSSR count). The normalized spacial score (nSPS) is 27.8. The minimum Gasteiger partial charge on any atom is -0.337 e. The van der Waals surface area contributed by atoms with Gasteiger partial charge in [0, 0.05) is 23.7 Å². The Balaban J connectivity index is 1.34. The zero-order valence-electron chi connectivity index (χ0n) is 15.1. The lowest BCUT2D eigenvalue weighted by molar-refractivity contribution is 0.112. The maximum absolute atomic E-state index is 11.0. The first kappa shape index (κ1) is 16.0. The van der Waals surface area contributed by atoms with Gasteiger partial charge < -0.3 is 9.42 Å². The molecule has 5 heteroatoms. The fourth-order valence-electron chi connectivity index (χ4n) is 5.30. The van der Waals surface area contributed by atoms with E-state index in [0.29, 0.717) is 11.9 Å². The van der Waals surface area contributed by atoms with Gasteiger partial charge in [-0.1, -0.05) is 25.7 Å². The van der Waals surface area contributed by atoms with Crippen LogP contribution in [0, 0.1) is 11.8 Å². The number of benzene rings is 1. The Bertz CT molecular complexity index is 815. The van der Waals surface area contributed by atoms with Crippen molar-refractivity contribution in [3.8, 4) is 0 Å². The van der Waals surface area contributed by atoms with E-state index in [9.17, 15) is 4.79 Å². The molecule has 2 aliphatic carbocycles. The Morgan fingerprint density at radius 2 is 2.00 bits per heavy atom. The Morgan fingerprint density at radius 3 is 2.88 bits per heavy atom. The molecule has 0 radical (unpaired) electrons. The highest BCUT2D eigenvalue weighted by molar-refractivity contribution is 5.78. The lowest BCUT2D eigenvalue weighted by Gasteiger charge is -2.38. The van der Waals surface area contributed by atoms with Crippen molar-refractivity contribution in [1.82, 2.24) is 10.1 Å². The number of anilines is 2. The van der Waals surface area contributed by atoms with Gasteiger partial charge in [-0.2, -0.15) is 4.98 Å². The Kier molecular flexibility index (Phi) is 4.03. The summed E-state index contributed by atoms with van der Waals surface area (Å²) in [6, 6.07) is 5.82. The summed E-state index contributed by atoms with van der Waals surface area (Å²) in [6.45, 7) is 0.839. The molecule has 0 saturated heterocycles. The first-order chi connectivity index (χ1) is 12.8. The van der Waals surface area contributed by atoms with Gasteiger partial charge in [-0.25, -0.2) is 0 Å². The third-order valence-electron chi connectivity index (χ3n) is 6.70. The van der Waals surface area contributed by atoms with Crippen LogP contribution in [0.25, 0.3) is 0 Å². The number of aromatic nitrogens is 2. The maximum Gasteiger partial charge on any atom is 0.270 e. The predicted octanol–water partition coefficient (Wildman–Crippen LogP) is 4.65. The summed E-state index contributed by atoms with van der Waals surface area (Å²) in [7, 11) is 0. The van der Waals surface area contributed by atoms with Crippen LogP contribution in [0.3, 0.4) is 0 Å². The highest BCUT2D eigenvalue weighted by atomic mass is 16.5. The SMILES string of the molecule is O=Cc1ccc2c(c1)CCN2c1noc(C2CCC3CCCCC3C2)n1. The molecule has 0 bridgehead atoms. The highest BCUT2D eigenvalue weighted by Crippen LogP contribution is 2.46. The summed E-state index contributed by atoms with van der Waals surface area (Å²) in [5, 5.41) is 4.29. The Hall–Kier alpha value is -2.17. The predicted molar refractivity (Wildman–Crippen MR) is 98.9 cm³/mol. The molecule has 2 saturated carbocycles. The van der Waals surface area contributed by atoms with Crippen LogP contribution in [0.4, 0.5) is 11.6 Å². The number of aldehydes is 1. The number of carbonyl (C=O) groups excluding carboxylic acids is 1. The third kappa shape index (κ3) is 2.74. The number of hydrogen-bond acceptors (Lipinski definition) is 5. The van der Waals surface area contributed by atoms with Crippen LogP contribution >= 0.6 is 0 Å². The molecule has 2 aromatic rings. The molecular formula is C21H25N3O2. The summed E-state index contributed by atoms with van der Waals surface area (Å²) >= 11 is 0. The quantitative estimate of drug-likeness (QED) is 0.753. The van der Waals surface area contributed by atoms with Crippen molar-refractivity contribution in [2.24, 2.45) is 11.8 Å². The van der Waals surface area contributed by atoms with Crippen molar-refractivity contribution in [1.29, 1.82) is 0 Å². The minimum absolute atomic E-state index is 0.426. The van der Waals surface area contributed by atoms with Gasteiger partial charge in [0.25, 0.3) is 5.95 Å². The van der Waals surface area contributed by atoms with Crippen LogP contribution < -0.4 is 4.90 Å². The van der Waals surface area contributed by atoms with Crippen LogP contribution in [0.15, 0.2) is 22.7 Å². The topological polar surface area (TPSA) is 59.2 Å². The van der Waals surface area contributed by atoms with Gasteiger partial charge in [0.1, 0.15) is 6.29 Å². The number of nitrogens with zero attached hydrogens (tertiary/aromatic N) is 3. The summed E-state index contributed by atoms with van der Waals surface area (Å²) in [5.41, 5.74) is 3.01. The smallest absolute Gasteiger partial charge is 0.270 e. The Labute approximate surface area is 153 Å². The molecule has 5 nitrogen and oxygen atoms in total. The van der Waals surface area contributed by atoms with E-state index in [-0.39, 0.29) is 0 Å². The number of hydrogen-bond donors (Lipinski definition) is 0. The van der Waals surface area contributed by atoms with Gasteiger partial charge in [-0.3, -0.25) is 4.79 Å². The fourth-order valence-corrected chi connectivity index (χ4v) is 5.30. The summed E-state index contributed by atoms with van der Waals surface area (Å²) in [4.78, 5) is 17.9. The standard InChI is InChI=1S/C21H25N3O2/c25-13-14-5-8-19-17(11-14)9-10-24(19)21-22-20(26-23-21)18-7-6-15-3-1-2-4-16(15)12-18/h5,8,11,13,15-16,18H,1-4,6-7,9-10,12H2. The molecule has 2 fully saturated rings. The van der Waals surface area contributed by atoms with Gasteiger partial charge in [0.05, 0.1) is 0 Å². The van der Waals surface area contributed by atoms with Gasteiger partial charge in [0.15, 0.2) is 0 Å². The molecule has 0 spiro atoms. The summed E-state index contributed by atoms with van der Waals surface area (Å²) in [5.74, 6) is 3.70. The van der Waals surface area contributed by atoms with E-state index < -0.39 is 0 Å². The average Bonchev–Trinajstić information content (AvgIpc) is 3.34. The molecule has 0 amide bonds. The zero-order chi connectivity index (χ0) is 17.5. The van der Waals surface area contributed by atoms with E-state index in [0.717, 1.165) is 48.2 Å². The molecule has 3 unspecified atom stereocenters. The van der Waals surface area contributed by atoms with Crippen LogP contribution in [-0.4, -0.2) is 23.0 Å². The van der Waals surface area contributed by atoms with Crippen molar-refractivity contribution >= 4 is 17.9 Å². The summed E-state index contributed by atoms with van der Waals surface area (Å²) < 4.78 is 5.70. The van der Waals surface area contributed by atoms with Gasteiger partial charge in [0.2, 0.25) is 5.89 Å². The lowest BCUT2D eigenvalue weighted by Crippen LogP contribution is -2.27. The van der Waals surface area contributed by atoms with E-state index in [1.807, 2.05) is 18.2 Å². The van der Waals surface area contributed by atoms with Gasteiger partial charge >= 0.3 is 0 Å². The van der Waals surface area contributed by atoms with E-state index in [2.05, 4.69) is 10.1 Å². The molecule has 3 aliphatic rings. The van der Waals surface area contributed by atoms with E-state index >= 15 is 0 Å². The van der Waals surface area contributed by atoms with Crippen molar-refractivity contribution < 1.29 is 9.32 Å². The first-order valence-electron chi connectivity index (χ1n) is 10.0. The number of rotatable bonds is 3. The minimum atomic E-state index is 0.426. The molecular weight excluding hydrogens is 326 g/mol. The van der Waals surface area contributed by atoms with Crippen LogP contribution in [0.1, 0.15) is 72.7 Å². The van der Waals surface area contributed by atoms with E-state index in [1.54, 1.807) is 0 Å². The zero-order valence-corrected chi connectivity index (χ0v) is 15.1. The number of carbonyl (C=O) groups is 1. The van der Waals surface area contributed by atoms with Crippen LogP contribution in [0.2, 0.25) is 0 Å². The van der Waals surface area contributed by atoms with Crippen molar-refractivity contribution in [2.45, 2.75) is 57.3 Å². The molecule has 26 heavy (non-hydrogen) atoms. The van der Waals surface area contributed by atoms with Gasteiger partial charge in [-0.15, -0.1) is 0 Å². The third-order valence-corrected chi connectivity index (χ3v) is 6.70. The molecule has 3 atom stereocenters. The first-order valence-corrected chi connectivity index (χ1v) is 10.0. The Morgan fingerprint density at radius 1 is 1.12 bits per heavy atom. The molecule has 1 aliphatic heterocycles. The van der Waals surface area contributed by atoms with Crippen molar-refractivity contribution in [3.63, 3.8) is 0 Å². The number of fused-ring (bicyclic) bond motifs is 2. The molecule has 1 aromatic heterocycles. The fraction of sp³-hybridized carbons (Fsp3) is 0.571. The summed E-state index contributed by atoms with van der Waals surface area (Å²) in [6.07, 6.45) is 11.1. The monoisotopic (exact) mass is 351 g/mol. The largest absolute Gasteiger partial charge is 0.337 e. The second kappa shape index (κ2) is 6.53. The van der Waals surface area contributed by atoms with Crippen molar-refractivity contribution in [3.05, 3.63) is 35.2 Å². The van der Waals surface area contributed by atoms with Crippen LogP contribution in [-0.2, 0) is 6.42 Å². The van der Waals surface area contributed by atoms with Gasteiger partial charge in [-0.05, 0) is 66.4 Å². The molecule has 0 N–H and O–H groups in total. The molecule has 2 heterocycles. The molecule has 136 valence electrons. The second-order valence-corrected chi connectivity index (χ2v) is 8.15. The second-order valence-electron chi connectivity index (χ2n) is 8.15. The van der Waals surface area contributed by atoms with Crippen LogP contribution in [0.5, 0.6) is 0 Å².